The van der Waals surface area contributed by atoms with Crippen molar-refractivity contribution in [1.82, 2.24) is 20.0 Å². The van der Waals surface area contributed by atoms with Crippen molar-refractivity contribution in [2.24, 2.45) is 0 Å². The summed E-state index contributed by atoms with van der Waals surface area (Å²) in [6.45, 7) is 1.49. The number of amides is 2. The number of hydrazine groups is 1. The number of carbonyl (C=O) groups excluding carboxylic acids is 2. The number of hydrogen-bond acceptors (Lipinski definition) is 4. The molecule has 3 aromatic rings. The van der Waals surface area contributed by atoms with Crippen LogP contribution >= 0.6 is 11.6 Å². The average molecular weight is 401 g/mol. The summed E-state index contributed by atoms with van der Waals surface area (Å²) >= 11 is 5.77. The van der Waals surface area contributed by atoms with Crippen molar-refractivity contribution < 1.29 is 9.59 Å². The highest BCUT2D eigenvalue weighted by Gasteiger charge is 2.15. The van der Waals surface area contributed by atoms with E-state index in [2.05, 4.69) is 10.9 Å². The fourth-order valence-electron chi connectivity index (χ4n) is 2.79. The molecule has 0 saturated carbocycles. The van der Waals surface area contributed by atoms with Gasteiger partial charge in [0.25, 0.3) is 17.4 Å². The molecule has 0 spiro atoms. The molecule has 0 atom stereocenters. The van der Waals surface area contributed by atoms with Crippen molar-refractivity contribution >= 4 is 34.3 Å². The zero-order valence-electron chi connectivity index (χ0n) is 14.9. The van der Waals surface area contributed by atoms with Gasteiger partial charge in [-0.3, -0.25) is 34.4 Å². The minimum Gasteiger partial charge on any atom is -0.284 e. The average Bonchev–Trinajstić information content (AvgIpc) is 2.70. The lowest BCUT2D eigenvalue weighted by molar-refractivity contribution is -0.122. The Bertz CT molecular complexity index is 1170. The van der Waals surface area contributed by atoms with Gasteiger partial charge in [-0.25, -0.2) is 4.79 Å². The summed E-state index contributed by atoms with van der Waals surface area (Å²) in [6.07, 6.45) is 0. The third kappa shape index (κ3) is 3.81. The lowest BCUT2D eigenvalue weighted by Gasteiger charge is -2.13. The lowest BCUT2D eigenvalue weighted by atomic mass is 10.2. The fourth-order valence-corrected chi connectivity index (χ4v) is 2.91. The molecule has 0 bridgehead atoms. The van der Waals surface area contributed by atoms with E-state index in [1.807, 2.05) is 0 Å². The number of aromatic nitrogens is 2. The van der Waals surface area contributed by atoms with Crippen LogP contribution in [0, 0.1) is 0 Å². The van der Waals surface area contributed by atoms with Crippen molar-refractivity contribution in [3.63, 3.8) is 0 Å². The summed E-state index contributed by atoms with van der Waals surface area (Å²) in [6, 6.07) is 12.7. The highest BCUT2D eigenvalue weighted by atomic mass is 35.5. The molecule has 3 rings (SSSR count). The minimum atomic E-state index is -0.615. The molecule has 9 heteroatoms. The maximum Gasteiger partial charge on any atom is 0.331 e. The second-order valence-corrected chi connectivity index (χ2v) is 6.38. The van der Waals surface area contributed by atoms with Gasteiger partial charge in [0.1, 0.15) is 6.54 Å². The second-order valence-electron chi connectivity index (χ2n) is 5.94. The van der Waals surface area contributed by atoms with Crippen molar-refractivity contribution in [3.8, 4) is 0 Å². The van der Waals surface area contributed by atoms with E-state index in [1.165, 1.54) is 16.7 Å². The van der Waals surface area contributed by atoms with Crippen LogP contribution in [-0.2, 0) is 17.9 Å². The molecule has 1 aromatic heterocycles. The number of fused-ring (bicyclic) bond motifs is 1. The van der Waals surface area contributed by atoms with Gasteiger partial charge in [0.15, 0.2) is 0 Å². The van der Waals surface area contributed by atoms with Crippen molar-refractivity contribution in [3.05, 3.63) is 80.0 Å². The summed E-state index contributed by atoms with van der Waals surface area (Å²) in [5.74, 6) is -1.14. The van der Waals surface area contributed by atoms with Gasteiger partial charge in [-0.05, 0) is 43.3 Å². The van der Waals surface area contributed by atoms with E-state index < -0.39 is 23.1 Å². The largest absolute Gasteiger partial charge is 0.331 e. The van der Waals surface area contributed by atoms with E-state index in [0.717, 1.165) is 4.57 Å². The Morgan fingerprint density at radius 3 is 2.32 bits per heavy atom. The molecule has 2 N–H and O–H groups in total. The summed E-state index contributed by atoms with van der Waals surface area (Å²) in [7, 11) is 0. The first-order valence-electron chi connectivity index (χ1n) is 8.49. The first-order valence-corrected chi connectivity index (χ1v) is 8.87. The molecule has 0 fully saturated rings. The molecular weight excluding hydrogens is 384 g/mol. The Kier molecular flexibility index (Phi) is 5.60. The Morgan fingerprint density at radius 2 is 1.64 bits per heavy atom. The van der Waals surface area contributed by atoms with Gasteiger partial charge in [-0.15, -0.1) is 0 Å². The molecule has 0 unspecified atom stereocenters. The Morgan fingerprint density at radius 1 is 0.964 bits per heavy atom. The van der Waals surface area contributed by atoms with Crippen LogP contribution in [0.5, 0.6) is 0 Å². The summed E-state index contributed by atoms with van der Waals surface area (Å²) in [5.41, 5.74) is 4.21. The number of nitrogens with one attached hydrogen (secondary N) is 2. The third-order valence-corrected chi connectivity index (χ3v) is 4.42. The molecule has 2 aromatic carbocycles. The van der Waals surface area contributed by atoms with E-state index in [4.69, 9.17) is 11.6 Å². The standard InChI is InChI=1S/C19H17ClN4O4/c1-2-23-18(27)14-5-3-4-6-15(14)24(19(23)28)11-16(25)21-22-17(26)12-7-9-13(20)10-8-12/h3-10H,2,11H2,1H3,(H,21,25)(H,22,26). The van der Waals surface area contributed by atoms with Crippen LogP contribution in [0.25, 0.3) is 10.9 Å². The zero-order valence-corrected chi connectivity index (χ0v) is 15.7. The molecular formula is C19H17ClN4O4. The first kappa shape index (κ1) is 19.4. The molecule has 1 heterocycles. The topological polar surface area (TPSA) is 102 Å². The molecule has 0 radical (unpaired) electrons. The number of rotatable bonds is 4. The number of halogens is 1. The Hall–Kier alpha value is -3.39. The van der Waals surface area contributed by atoms with Crippen molar-refractivity contribution in [1.29, 1.82) is 0 Å². The summed E-state index contributed by atoms with van der Waals surface area (Å²) < 4.78 is 2.26. The molecule has 8 nitrogen and oxygen atoms in total. The highest BCUT2D eigenvalue weighted by molar-refractivity contribution is 6.30. The smallest absolute Gasteiger partial charge is 0.284 e. The van der Waals surface area contributed by atoms with Gasteiger partial charge in [-0.1, -0.05) is 23.7 Å². The van der Waals surface area contributed by atoms with Gasteiger partial charge >= 0.3 is 5.69 Å². The van der Waals surface area contributed by atoms with Gasteiger partial charge in [0.05, 0.1) is 10.9 Å². The molecule has 0 aliphatic carbocycles. The molecule has 28 heavy (non-hydrogen) atoms. The van der Waals surface area contributed by atoms with Crippen molar-refractivity contribution in [2.75, 3.05) is 0 Å². The maximum absolute atomic E-state index is 12.6. The Labute approximate surface area is 164 Å². The van der Waals surface area contributed by atoms with E-state index in [9.17, 15) is 19.2 Å². The van der Waals surface area contributed by atoms with Crippen LogP contribution in [0.3, 0.4) is 0 Å². The Balaban J connectivity index is 1.81. The monoisotopic (exact) mass is 400 g/mol. The molecule has 144 valence electrons. The second kappa shape index (κ2) is 8.10. The highest BCUT2D eigenvalue weighted by Crippen LogP contribution is 2.09. The number of hydrogen-bond donors (Lipinski definition) is 2. The minimum absolute atomic E-state index is 0.178. The van der Waals surface area contributed by atoms with Crippen LogP contribution in [0.4, 0.5) is 0 Å². The number of carbonyl (C=O) groups is 2. The third-order valence-electron chi connectivity index (χ3n) is 4.17. The SMILES string of the molecule is CCn1c(=O)c2ccccc2n(CC(=O)NNC(=O)c2ccc(Cl)cc2)c1=O. The van der Waals surface area contributed by atoms with E-state index in [0.29, 0.717) is 21.5 Å². The molecule has 0 saturated heterocycles. The molecule has 0 aliphatic rings. The van der Waals surface area contributed by atoms with E-state index in [-0.39, 0.29) is 13.1 Å². The van der Waals surface area contributed by atoms with Crippen LogP contribution in [-0.4, -0.2) is 20.9 Å². The van der Waals surface area contributed by atoms with E-state index >= 15 is 0 Å². The number of para-hydroxylation sites is 1. The van der Waals surface area contributed by atoms with E-state index in [1.54, 1.807) is 43.3 Å². The van der Waals surface area contributed by atoms with Crippen LogP contribution in [0.15, 0.2) is 58.1 Å². The quantitative estimate of drug-likeness (QED) is 0.644. The lowest BCUT2D eigenvalue weighted by Crippen LogP contribution is -2.46. The van der Waals surface area contributed by atoms with Gasteiger partial charge in [0, 0.05) is 17.1 Å². The summed E-state index contributed by atoms with van der Waals surface area (Å²) in [5, 5.41) is 0.819. The fraction of sp³-hybridized carbons (Fsp3) is 0.158. The number of benzene rings is 2. The molecule has 2 amide bonds. The molecule has 0 aliphatic heterocycles. The van der Waals surface area contributed by atoms with Crippen molar-refractivity contribution in [2.45, 2.75) is 20.0 Å². The van der Waals surface area contributed by atoms with Gasteiger partial charge in [-0.2, -0.15) is 0 Å². The van der Waals surface area contributed by atoms with Gasteiger partial charge < -0.3 is 0 Å². The maximum atomic E-state index is 12.6. The predicted molar refractivity (Wildman–Crippen MR) is 105 cm³/mol. The predicted octanol–water partition coefficient (Wildman–Crippen LogP) is 1.30. The normalized spacial score (nSPS) is 10.6. The number of nitrogens with zero attached hydrogens (tertiary/aromatic N) is 2. The van der Waals surface area contributed by atoms with Crippen LogP contribution < -0.4 is 22.1 Å². The van der Waals surface area contributed by atoms with Crippen LogP contribution in [0.2, 0.25) is 5.02 Å². The van der Waals surface area contributed by atoms with Gasteiger partial charge in [0.2, 0.25) is 0 Å². The first-order chi connectivity index (χ1) is 13.4. The van der Waals surface area contributed by atoms with Crippen LogP contribution in [0.1, 0.15) is 17.3 Å². The summed E-state index contributed by atoms with van der Waals surface area (Å²) in [4.78, 5) is 49.3. The zero-order chi connectivity index (χ0) is 20.3.